The summed E-state index contributed by atoms with van der Waals surface area (Å²) in [6.07, 6.45) is 0.0268. The molecule has 6 nitrogen and oxygen atoms in total. The lowest BCUT2D eigenvalue weighted by atomic mass is 10.1. The van der Waals surface area contributed by atoms with E-state index in [1.807, 2.05) is 26.0 Å². The number of amides is 1. The van der Waals surface area contributed by atoms with Gasteiger partial charge in [0.05, 0.1) is 13.2 Å². The number of rotatable bonds is 8. The molecule has 1 aliphatic heterocycles. The van der Waals surface area contributed by atoms with Crippen LogP contribution in [0.15, 0.2) is 72.8 Å². The summed E-state index contributed by atoms with van der Waals surface area (Å²) in [6, 6.07) is 23.9. The second-order valence-corrected chi connectivity index (χ2v) is 8.78. The number of carbonyl (C=O) groups is 1. The third-order valence-electron chi connectivity index (χ3n) is 5.90. The Morgan fingerprint density at radius 3 is 2.26 bits per heavy atom. The Bertz CT molecular complexity index is 1080. The molecule has 0 atom stereocenters. The maximum absolute atomic E-state index is 12.8. The Balaban J connectivity index is 1.32. The summed E-state index contributed by atoms with van der Waals surface area (Å²) >= 11 is 0. The number of carbonyl (C=O) groups excluding carboxylic acids is 1. The van der Waals surface area contributed by atoms with Gasteiger partial charge < -0.3 is 19.7 Å². The zero-order valence-corrected chi connectivity index (χ0v) is 20.2. The van der Waals surface area contributed by atoms with Crippen molar-refractivity contribution in [3.8, 4) is 11.5 Å². The highest BCUT2D eigenvalue weighted by Crippen LogP contribution is 2.29. The molecular formula is C28H33N3O3. The van der Waals surface area contributed by atoms with Crippen LogP contribution in [0.2, 0.25) is 0 Å². The van der Waals surface area contributed by atoms with Gasteiger partial charge in [-0.15, -0.1) is 0 Å². The van der Waals surface area contributed by atoms with Gasteiger partial charge in [-0.2, -0.15) is 0 Å². The predicted molar refractivity (Wildman–Crippen MR) is 137 cm³/mol. The Hall–Kier alpha value is -3.51. The van der Waals surface area contributed by atoms with Gasteiger partial charge >= 0.3 is 0 Å². The number of benzene rings is 3. The highest BCUT2D eigenvalue weighted by molar-refractivity contribution is 6.04. The van der Waals surface area contributed by atoms with E-state index >= 15 is 0 Å². The highest BCUT2D eigenvalue weighted by Gasteiger charge is 2.18. The molecule has 6 heteroatoms. The van der Waals surface area contributed by atoms with E-state index in [1.54, 1.807) is 25.3 Å². The number of hydrogen-bond acceptors (Lipinski definition) is 5. The summed E-state index contributed by atoms with van der Waals surface area (Å²) in [4.78, 5) is 17.7. The molecule has 0 radical (unpaired) electrons. The molecule has 1 N–H and O–H groups in total. The molecule has 1 saturated heterocycles. The molecule has 0 bridgehead atoms. The van der Waals surface area contributed by atoms with Gasteiger partial charge in [-0.1, -0.05) is 30.3 Å². The molecule has 4 rings (SSSR count). The first-order valence-electron chi connectivity index (χ1n) is 11.8. The predicted octanol–water partition coefficient (Wildman–Crippen LogP) is 5.06. The second-order valence-electron chi connectivity index (χ2n) is 8.78. The van der Waals surface area contributed by atoms with Gasteiger partial charge in [0.2, 0.25) is 0 Å². The zero-order valence-electron chi connectivity index (χ0n) is 20.2. The van der Waals surface area contributed by atoms with Crippen molar-refractivity contribution in [2.45, 2.75) is 26.5 Å². The van der Waals surface area contributed by atoms with Crippen molar-refractivity contribution in [2.75, 3.05) is 43.5 Å². The van der Waals surface area contributed by atoms with Crippen molar-refractivity contribution < 1.29 is 14.3 Å². The van der Waals surface area contributed by atoms with E-state index in [2.05, 4.69) is 57.6 Å². The summed E-state index contributed by atoms with van der Waals surface area (Å²) < 4.78 is 11.1. The van der Waals surface area contributed by atoms with E-state index in [9.17, 15) is 4.79 Å². The fourth-order valence-electron chi connectivity index (χ4n) is 4.12. The minimum atomic E-state index is -0.184. The van der Waals surface area contributed by atoms with E-state index in [0.717, 1.165) is 38.4 Å². The van der Waals surface area contributed by atoms with Gasteiger partial charge in [0, 0.05) is 49.7 Å². The van der Waals surface area contributed by atoms with E-state index in [4.69, 9.17) is 9.47 Å². The van der Waals surface area contributed by atoms with Crippen molar-refractivity contribution in [3.05, 3.63) is 83.9 Å². The Labute approximate surface area is 202 Å². The molecule has 3 aromatic rings. The average molecular weight is 460 g/mol. The Kier molecular flexibility index (Phi) is 7.70. The molecule has 1 amide bonds. The summed E-state index contributed by atoms with van der Waals surface area (Å²) in [5.41, 5.74) is 3.81. The zero-order chi connectivity index (χ0) is 23.9. The van der Waals surface area contributed by atoms with E-state index in [0.29, 0.717) is 17.1 Å². The Morgan fingerprint density at radius 2 is 1.62 bits per heavy atom. The quantitative estimate of drug-likeness (QED) is 0.511. The van der Waals surface area contributed by atoms with Crippen LogP contribution in [0, 0.1) is 0 Å². The van der Waals surface area contributed by atoms with Gasteiger partial charge in [-0.3, -0.25) is 9.69 Å². The van der Waals surface area contributed by atoms with E-state index in [1.165, 1.54) is 11.3 Å². The van der Waals surface area contributed by atoms with Gasteiger partial charge in [0.1, 0.15) is 0 Å². The maximum atomic E-state index is 12.8. The Morgan fingerprint density at radius 1 is 0.912 bits per heavy atom. The lowest BCUT2D eigenvalue weighted by Crippen LogP contribution is -2.45. The number of hydrogen-bond donors (Lipinski definition) is 1. The molecule has 1 fully saturated rings. The lowest BCUT2D eigenvalue weighted by Gasteiger charge is -2.36. The minimum Gasteiger partial charge on any atom is -0.493 e. The molecule has 0 saturated carbocycles. The van der Waals surface area contributed by atoms with Crippen LogP contribution in [0.3, 0.4) is 0 Å². The van der Waals surface area contributed by atoms with Crippen LogP contribution < -0.4 is 19.7 Å². The van der Waals surface area contributed by atoms with Crippen molar-refractivity contribution >= 4 is 17.3 Å². The molecule has 0 unspecified atom stereocenters. The molecular weight excluding hydrogens is 426 g/mol. The number of ether oxygens (including phenoxy) is 2. The maximum Gasteiger partial charge on any atom is 0.255 e. The molecule has 0 aromatic heterocycles. The van der Waals surface area contributed by atoms with Gasteiger partial charge in [-0.05, 0) is 61.9 Å². The highest BCUT2D eigenvalue weighted by atomic mass is 16.5. The van der Waals surface area contributed by atoms with Crippen LogP contribution in [0.1, 0.15) is 29.8 Å². The van der Waals surface area contributed by atoms with E-state index in [-0.39, 0.29) is 12.0 Å². The monoisotopic (exact) mass is 459 g/mol. The molecule has 34 heavy (non-hydrogen) atoms. The third-order valence-corrected chi connectivity index (χ3v) is 5.90. The number of methoxy groups -OCH3 is 1. The second kappa shape index (κ2) is 11.1. The van der Waals surface area contributed by atoms with Gasteiger partial charge in [-0.25, -0.2) is 0 Å². The van der Waals surface area contributed by atoms with Crippen LogP contribution in [-0.4, -0.2) is 50.2 Å². The molecule has 3 aromatic carbocycles. The molecule has 0 spiro atoms. The summed E-state index contributed by atoms with van der Waals surface area (Å²) in [5.74, 6) is 0.988. The van der Waals surface area contributed by atoms with Gasteiger partial charge in [0.25, 0.3) is 5.91 Å². The van der Waals surface area contributed by atoms with Crippen molar-refractivity contribution in [1.29, 1.82) is 0 Å². The SMILES string of the molecule is COc1cc(C(=O)Nc2ccc(N3CCN(Cc4ccccc4)CC3)cc2)ccc1OC(C)C. The van der Waals surface area contributed by atoms with Crippen molar-refractivity contribution in [1.82, 2.24) is 4.90 Å². The normalized spacial score (nSPS) is 14.2. The summed E-state index contributed by atoms with van der Waals surface area (Å²) in [6.45, 7) is 8.95. The number of anilines is 2. The lowest BCUT2D eigenvalue weighted by molar-refractivity contribution is 0.102. The van der Waals surface area contributed by atoms with Gasteiger partial charge in [0.15, 0.2) is 11.5 Å². The van der Waals surface area contributed by atoms with E-state index < -0.39 is 0 Å². The first-order chi connectivity index (χ1) is 16.5. The topological polar surface area (TPSA) is 54.0 Å². The fourth-order valence-corrected chi connectivity index (χ4v) is 4.12. The van der Waals surface area contributed by atoms with Crippen LogP contribution in [0.4, 0.5) is 11.4 Å². The fraction of sp³-hybridized carbons (Fsp3) is 0.321. The average Bonchev–Trinajstić information content (AvgIpc) is 2.85. The van der Waals surface area contributed by atoms with Crippen LogP contribution in [0.25, 0.3) is 0 Å². The molecule has 1 aliphatic rings. The van der Waals surface area contributed by atoms with Crippen LogP contribution in [0.5, 0.6) is 11.5 Å². The first kappa shape index (κ1) is 23.6. The molecule has 0 aliphatic carbocycles. The van der Waals surface area contributed by atoms with Crippen molar-refractivity contribution in [2.24, 2.45) is 0 Å². The minimum absolute atomic E-state index is 0.0268. The third kappa shape index (κ3) is 6.08. The largest absolute Gasteiger partial charge is 0.493 e. The summed E-state index contributed by atoms with van der Waals surface area (Å²) in [7, 11) is 1.57. The first-order valence-corrected chi connectivity index (χ1v) is 11.8. The van der Waals surface area contributed by atoms with Crippen LogP contribution in [-0.2, 0) is 6.54 Å². The standard InChI is InChI=1S/C28H33N3O3/c1-21(2)34-26-14-9-23(19-27(26)33-3)28(32)29-24-10-12-25(13-11-24)31-17-15-30(16-18-31)20-22-7-5-4-6-8-22/h4-14,19,21H,15-18,20H2,1-3H3,(H,29,32). The van der Waals surface area contributed by atoms with Crippen molar-refractivity contribution in [3.63, 3.8) is 0 Å². The number of nitrogens with zero attached hydrogens (tertiary/aromatic N) is 2. The number of piperazine rings is 1. The smallest absolute Gasteiger partial charge is 0.255 e. The molecule has 178 valence electrons. The molecule has 1 heterocycles. The summed E-state index contributed by atoms with van der Waals surface area (Å²) in [5, 5.41) is 2.97. The number of nitrogens with one attached hydrogen (secondary N) is 1. The van der Waals surface area contributed by atoms with Crippen LogP contribution >= 0.6 is 0 Å².